The van der Waals surface area contributed by atoms with Gasteiger partial charge >= 0.3 is 12.3 Å². The number of amides is 3. The first-order chi connectivity index (χ1) is 11.1. The second kappa shape index (κ2) is 6.91. The van der Waals surface area contributed by atoms with Crippen LogP contribution in [0.2, 0.25) is 0 Å². The van der Waals surface area contributed by atoms with Gasteiger partial charge in [-0.15, -0.1) is 0 Å². The van der Waals surface area contributed by atoms with Crippen LogP contribution < -0.4 is 0 Å². The molecule has 2 rings (SSSR count). The number of fused-ring (bicyclic) bond motifs is 1. The first kappa shape index (κ1) is 18.4. The van der Waals surface area contributed by atoms with E-state index in [1.54, 1.807) is 0 Å². The van der Waals surface area contributed by atoms with Gasteiger partial charge < -0.3 is 19.4 Å². The molecule has 24 heavy (non-hydrogen) atoms. The van der Waals surface area contributed by atoms with Gasteiger partial charge in [0.15, 0.2) is 0 Å². The molecular formula is C13H17F4N3O4. The molecule has 7 nitrogen and oxygen atoms in total. The lowest BCUT2D eigenvalue weighted by atomic mass is 10.1. The maximum absolute atomic E-state index is 12.7. The summed E-state index contributed by atoms with van der Waals surface area (Å²) in [4.78, 5) is 39.7. The predicted octanol–water partition coefficient (Wildman–Crippen LogP) is -0.585. The number of alkyl halides is 4. The van der Waals surface area contributed by atoms with Crippen molar-refractivity contribution >= 4 is 17.7 Å². The fourth-order valence-electron chi connectivity index (χ4n) is 2.57. The maximum atomic E-state index is 12.7. The van der Waals surface area contributed by atoms with E-state index in [0.29, 0.717) is 0 Å². The first-order valence-corrected chi connectivity index (χ1v) is 7.19. The number of halogens is 4. The first-order valence-electron chi connectivity index (χ1n) is 7.19. The number of carbonyl (C=O) groups excluding carboxylic acids is 3. The minimum Gasteiger partial charge on any atom is -0.365 e. The molecule has 2 heterocycles. The lowest BCUT2D eigenvalue weighted by Gasteiger charge is -2.45. The van der Waals surface area contributed by atoms with Crippen LogP contribution in [0.5, 0.6) is 0 Å². The van der Waals surface area contributed by atoms with Gasteiger partial charge in [0.2, 0.25) is 17.7 Å². The highest BCUT2D eigenvalue weighted by Gasteiger charge is 2.43. The molecule has 0 aromatic rings. The van der Waals surface area contributed by atoms with Gasteiger partial charge in [-0.25, -0.2) is 8.78 Å². The van der Waals surface area contributed by atoms with Crippen molar-refractivity contribution in [1.82, 2.24) is 14.7 Å². The smallest absolute Gasteiger partial charge is 0.330 e. The molecule has 2 aliphatic rings. The number of carbonyl (C=O) groups is 3. The third-order valence-electron chi connectivity index (χ3n) is 3.93. The summed E-state index contributed by atoms with van der Waals surface area (Å²) in [6, 6.07) is -0.823. The summed E-state index contributed by atoms with van der Waals surface area (Å²) in [5.74, 6) is -5.58. The van der Waals surface area contributed by atoms with Crippen LogP contribution in [0.25, 0.3) is 0 Å². The van der Waals surface area contributed by atoms with E-state index in [4.69, 9.17) is 0 Å². The standard InChI is InChI=1S/C13H17F4N3O4/c1-18-5-9(21)20-3-2-19(4-8(20)11(18)23)10(22)6-24-7-13(16,17)12(14)15/h8,12H,2-7H2,1H3/t8-/m1/s1. The average molecular weight is 355 g/mol. The van der Waals surface area contributed by atoms with E-state index in [1.807, 2.05) is 0 Å². The molecule has 0 aromatic carbocycles. The number of nitrogens with zero attached hydrogens (tertiary/aromatic N) is 3. The van der Waals surface area contributed by atoms with Crippen molar-refractivity contribution in [3.63, 3.8) is 0 Å². The molecule has 0 N–H and O–H groups in total. The van der Waals surface area contributed by atoms with Crippen molar-refractivity contribution in [2.24, 2.45) is 0 Å². The third kappa shape index (κ3) is 3.77. The van der Waals surface area contributed by atoms with Crippen LogP contribution in [0.1, 0.15) is 0 Å². The van der Waals surface area contributed by atoms with Crippen molar-refractivity contribution in [3.05, 3.63) is 0 Å². The quantitative estimate of drug-likeness (QED) is 0.619. The summed E-state index contributed by atoms with van der Waals surface area (Å²) in [6.07, 6.45) is -3.88. The molecule has 2 aliphatic heterocycles. The number of hydrogen-bond donors (Lipinski definition) is 0. The van der Waals surface area contributed by atoms with Crippen LogP contribution in [0, 0.1) is 0 Å². The second-order valence-corrected chi connectivity index (χ2v) is 5.69. The van der Waals surface area contributed by atoms with E-state index >= 15 is 0 Å². The second-order valence-electron chi connectivity index (χ2n) is 5.69. The molecule has 2 saturated heterocycles. The summed E-state index contributed by atoms with van der Waals surface area (Å²) in [7, 11) is 1.47. The number of piperazine rings is 2. The van der Waals surface area contributed by atoms with Crippen molar-refractivity contribution in [3.8, 4) is 0 Å². The Balaban J connectivity index is 1.88. The summed E-state index contributed by atoms with van der Waals surface area (Å²) in [6.45, 7) is -2.22. The minimum absolute atomic E-state index is 0.0326. The summed E-state index contributed by atoms with van der Waals surface area (Å²) in [5.41, 5.74) is 0. The monoisotopic (exact) mass is 355 g/mol. The molecule has 136 valence electrons. The molecule has 0 radical (unpaired) electrons. The van der Waals surface area contributed by atoms with E-state index < -0.39 is 37.5 Å². The highest BCUT2D eigenvalue weighted by Crippen LogP contribution is 2.23. The lowest BCUT2D eigenvalue weighted by Crippen LogP contribution is -2.66. The molecule has 1 atom stereocenters. The average Bonchev–Trinajstić information content (AvgIpc) is 2.51. The number of likely N-dealkylation sites (N-methyl/N-ethyl adjacent to an activating group) is 1. The van der Waals surface area contributed by atoms with Gasteiger partial charge in [-0.1, -0.05) is 0 Å². The van der Waals surface area contributed by atoms with E-state index in [1.165, 1.54) is 21.7 Å². The Morgan fingerprint density at radius 1 is 1.33 bits per heavy atom. The Morgan fingerprint density at radius 2 is 2.00 bits per heavy atom. The van der Waals surface area contributed by atoms with Gasteiger partial charge in [0.25, 0.3) is 0 Å². The normalized spacial score (nSPS) is 22.2. The zero-order valence-electron chi connectivity index (χ0n) is 12.9. The predicted molar refractivity (Wildman–Crippen MR) is 71.5 cm³/mol. The van der Waals surface area contributed by atoms with Crippen LogP contribution in [0.4, 0.5) is 17.6 Å². The Morgan fingerprint density at radius 3 is 2.62 bits per heavy atom. The van der Waals surface area contributed by atoms with Gasteiger partial charge in [0, 0.05) is 20.1 Å². The SMILES string of the molecule is CN1CC(=O)N2CCN(C(=O)COCC(F)(F)C(F)F)C[C@@H]2C1=O. The van der Waals surface area contributed by atoms with E-state index in [0.717, 1.165) is 0 Å². The largest absolute Gasteiger partial charge is 0.365 e. The molecule has 0 aliphatic carbocycles. The fraction of sp³-hybridized carbons (Fsp3) is 0.769. The third-order valence-corrected chi connectivity index (χ3v) is 3.93. The van der Waals surface area contributed by atoms with Gasteiger partial charge in [-0.3, -0.25) is 14.4 Å². The van der Waals surface area contributed by atoms with E-state index in [-0.39, 0.29) is 38.0 Å². The molecule has 11 heteroatoms. The van der Waals surface area contributed by atoms with Crippen LogP contribution in [-0.4, -0.2) is 97.3 Å². The molecule has 0 spiro atoms. The molecule has 2 fully saturated rings. The molecule has 0 bridgehead atoms. The number of hydrogen-bond acceptors (Lipinski definition) is 4. The van der Waals surface area contributed by atoms with Crippen molar-refractivity contribution in [2.45, 2.75) is 18.4 Å². The fourth-order valence-corrected chi connectivity index (χ4v) is 2.57. The van der Waals surface area contributed by atoms with Crippen LogP contribution in [0.15, 0.2) is 0 Å². The number of rotatable bonds is 5. The van der Waals surface area contributed by atoms with Crippen LogP contribution in [-0.2, 0) is 19.1 Å². The molecule has 0 aromatic heterocycles. The minimum atomic E-state index is -4.33. The number of ether oxygens (including phenoxy) is 1. The van der Waals surface area contributed by atoms with Crippen molar-refractivity contribution in [2.75, 3.05) is 46.4 Å². The summed E-state index contributed by atoms with van der Waals surface area (Å²) in [5, 5.41) is 0. The van der Waals surface area contributed by atoms with Gasteiger partial charge in [-0.2, -0.15) is 8.78 Å². The van der Waals surface area contributed by atoms with Gasteiger partial charge in [0.1, 0.15) is 19.3 Å². The summed E-state index contributed by atoms with van der Waals surface area (Å²) >= 11 is 0. The zero-order valence-corrected chi connectivity index (χ0v) is 12.9. The van der Waals surface area contributed by atoms with E-state index in [2.05, 4.69) is 4.74 Å². The molecular weight excluding hydrogens is 338 g/mol. The Kier molecular flexibility index (Phi) is 5.31. The van der Waals surface area contributed by atoms with Gasteiger partial charge in [-0.05, 0) is 0 Å². The summed E-state index contributed by atoms with van der Waals surface area (Å²) < 4.78 is 53.8. The van der Waals surface area contributed by atoms with Gasteiger partial charge in [0.05, 0.1) is 13.1 Å². The lowest BCUT2D eigenvalue weighted by molar-refractivity contribution is -0.173. The Hall–Kier alpha value is -1.91. The van der Waals surface area contributed by atoms with Crippen LogP contribution >= 0.6 is 0 Å². The highest BCUT2D eigenvalue weighted by molar-refractivity contribution is 5.95. The zero-order chi connectivity index (χ0) is 18.1. The van der Waals surface area contributed by atoms with Crippen molar-refractivity contribution < 1.29 is 36.7 Å². The Bertz CT molecular complexity index is 531. The van der Waals surface area contributed by atoms with Crippen LogP contribution in [0.3, 0.4) is 0 Å². The molecule has 0 unspecified atom stereocenters. The molecule has 0 saturated carbocycles. The maximum Gasteiger partial charge on any atom is 0.330 e. The van der Waals surface area contributed by atoms with E-state index in [9.17, 15) is 31.9 Å². The molecule has 3 amide bonds. The highest BCUT2D eigenvalue weighted by atomic mass is 19.3. The topological polar surface area (TPSA) is 70.2 Å². The van der Waals surface area contributed by atoms with Crippen molar-refractivity contribution in [1.29, 1.82) is 0 Å². The Labute approximate surface area is 135 Å².